The lowest BCUT2D eigenvalue weighted by Crippen LogP contribution is -2.31. The molecule has 1 fully saturated rings. The van der Waals surface area contributed by atoms with Gasteiger partial charge in [-0.15, -0.1) is 0 Å². The molecule has 1 aromatic rings. The van der Waals surface area contributed by atoms with Crippen LogP contribution in [0.2, 0.25) is 0 Å². The Morgan fingerprint density at radius 2 is 2.22 bits per heavy atom. The second-order valence-corrected chi connectivity index (χ2v) is 4.93. The molecule has 0 N–H and O–H groups in total. The third-order valence-electron chi connectivity index (χ3n) is 3.42. The maximum absolute atomic E-state index is 12.2. The van der Waals surface area contributed by atoms with Gasteiger partial charge in [-0.05, 0) is 37.4 Å². The summed E-state index contributed by atoms with van der Waals surface area (Å²) in [6, 6.07) is 7.39. The van der Waals surface area contributed by atoms with E-state index in [-0.39, 0.29) is 5.78 Å². The van der Waals surface area contributed by atoms with Crippen LogP contribution in [0.5, 0.6) is 5.75 Å². The molecule has 0 spiro atoms. The van der Waals surface area contributed by atoms with Gasteiger partial charge < -0.3 is 4.74 Å². The van der Waals surface area contributed by atoms with Gasteiger partial charge in [0.25, 0.3) is 0 Å². The minimum Gasteiger partial charge on any atom is -0.497 e. The Bertz CT molecular complexity index is 413. The molecule has 1 aromatic carbocycles. The molecule has 0 atom stereocenters. The number of nitrogens with zero attached hydrogens (tertiary/aromatic N) is 1. The average molecular weight is 247 g/mol. The number of hydrogen-bond acceptors (Lipinski definition) is 3. The molecule has 0 heterocycles. The Morgan fingerprint density at radius 3 is 2.83 bits per heavy atom. The molecular weight excluding hydrogens is 226 g/mol. The van der Waals surface area contributed by atoms with Crippen molar-refractivity contribution in [2.24, 2.45) is 5.92 Å². The number of benzene rings is 1. The summed E-state index contributed by atoms with van der Waals surface area (Å²) in [5.74, 6) is 1.74. The summed E-state index contributed by atoms with van der Waals surface area (Å²) >= 11 is 0. The van der Waals surface area contributed by atoms with Crippen LogP contribution in [0.25, 0.3) is 0 Å². The summed E-state index contributed by atoms with van der Waals surface area (Å²) < 4.78 is 5.15. The molecule has 0 radical (unpaired) electrons. The van der Waals surface area contributed by atoms with Gasteiger partial charge in [0.05, 0.1) is 13.7 Å². The Morgan fingerprint density at radius 1 is 1.44 bits per heavy atom. The third kappa shape index (κ3) is 3.57. The Balaban J connectivity index is 1.96. The highest BCUT2D eigenvalue weighted by molar-refractivity contribution is 5.97. The predicted octanol–water partition coefficient (Wildman–Crippen LogP) is 2.61. The van der Waals surface area contributed by atoms with E-state index in [1.54, 1.807) is 7.11 Å². The van der Waals surface area contributed by atoms with E-state index in [2.05, 4.69) is 11.8 Å². The standard InChI is InChI=1S/C15H21NO2/c1-3-16(10-12-7-8-12)11-15(17)13-5-4-6-14(9-13)18-2/h4-6,9,12H,3,7-8,10-11H2,1-2H3. The van der Waals surface area contributed by atoms with E-state index in [0.717, 1.165) is 30.3 Å². The van der Waals surface area contributed by atoms with Crippen LogP contribution in [0.4, 0.5) is 0 Å². The lowest BCUT2D eigenvalue weighted by molar-refractivity contribution is 0.0930. The van der Waals surface area contributed by atoms with Crippen LogP contribution < -0.4 is 4.74 Å². The molecule has 0 amide bonds. The molecule has 98 valence electrons. The molecule has 1 saturated carbocycles. The summed E-state index contributed by atoms with van der Waals surface area (Å²) in [6.07, 6.45) is 2.65. The van der Waals surface area contributed by atoms with E-state index in [9.17, 15) is 4.79 Å². The highest BCUT2D eigenvalue weighted by Crippen LogP contribution is 2.29. The van der Waals surface area contributed by atoms with E-state index in [0.29, 0.717) is 6.54 Å². The van der Waals surface area contributed by atoms with Crippen molar-refractivity contribution >= 4 is 5.78 Å². The quantitative estimate of drug-likeness (QED) is 0.694. The summed E-state index contributed by atoms with van der Waals surface area (Å²) in [6.45, 7) is 4.62. The summed E-state index contributed by atoms with van der Waals surface area (Å²) in [5.41, 5.74) is 0.739. The van der Waals surface area contributed by atoms with E-state index in [1.807, 2.05) is 24.3 Å². The van der Waals surface area contributed by atoms with Crippen molar-refractivity contribution in [2.45, 2.75) is 19.8 Å². The van der Waals surface area contributed by atoms with Crippen molar-refractivity contribution in [1.82, 2.24) is 4.90 Å². The Kier molecular flexibility index (Phi) is 4.37. The van der Waals surface area contributed by atoms with E-state index >= 15 is 0 Å². The average Bonchev–Trinajstić information content (AvgIpc) is 3.21. The molecule has 0 saturated heterocycles. The molecular formula is C15H21NO2. The fraction of sp³-hybridized carbons (Fsp3) is 0.533. The van der Waals surface area contributed by atoms with E-state index < -0.39 is 0 Å². The van der Waals surface area contributed by atoms with Crippen LogP contribution in [0, 0.1) is 5.92 Å². The van der Waals surface area contributed by atoms with Crippen LogP contribution in [0.1, 0.15) is 30.1 Å². The van der Waals surface area contributed by atoms with Crippen LogP contribution in [0.15, 0.2) is 24.3 Å². The van der Waals surface area contributed by atoms with Crippen molar-refractivity contribution in [1.29, 1.82) is 0 Å². The van der Waals surface area contributed by atoms with Gasteiger partial charge in [0, 0.05) is 12.1 Å². The summed E-state index contributed by atoms with van der Waals surface area (Å²) in [7, 11) is 1.62. The second kappa shape index (κ2) is 6.01. The number of carbonyl (C=O) groups excluding carboxylic acids is 1. The van der Waals surface area contributed by atoms with Crippen molar-refractivity contribution in [3.63, 3.8) is 0 Å². The van der Waals surface area contributed by atoms with Gasteiger partial charge in [-0.2, -0.15) is 0 Å². The van der Waals surface area contributed by atoms with Gasteiger partial charge in [0.15, 0.2) is 5.78 Å². The molecule has 3 heteroatoms. The fourth-order valence-corrected chi connectivity index (χ4v) is 2.06. The molecule has 1 aliphatic carbocycles. The zero-order valence-corrected chi connectivity index (χ0v) is 11.2. The lowest BCUT2D eigenvalue weighted by Gasteiger charge is -2.19. The topological polar surface area (TPSA) is 29.5 Å². The lowest BCUT2D eigenvalue weighted by atomic mass is 10.1. The molecule has 0 aliphatic heterocycles. The number of hydrogen-bond donors (Lipinski definition) is 0. The number of ketones is 1. The van der Waals surface area contributed by atoms with Crippen LogP contribution >= 0.6 is 0 Å². The van der Waals surface area contributed by atoms with Crippen LogP contribution in [-0.4, -0.2) is 37.4 Å². The first-order valence-corrected chi connectivity index (χ1v) is 6.62. The van der Waals surface area contributed by atoms with E-state index in [1.165, 1.54) is 12.8 Å². The SMILES string of the molecule is CCN(CC(=O)c1cccc(OC)c1)CC1CC1. The molecule has 0 bridgehead atoms. The minimum atomic E-state index is 0.177. The molecule has 1 aliphatic rings. The third-order valence-corrected chi connectivity index (χ3v) is 3.42. The first-order valence-electron chi connectivity index (χ1n) is 6.62. The maximum Gasteiger partial charge on any atom is 0.176 e. The smallest absolute Gasteiger partial charge is 0.176 e. The first kappa shape index (κ1) is 13.1. The summed E-state index contributed by atoms with van der Waals surface area (Å²) in [5, 5.41) is 0. The first-order chi connectivity index (χ1) is 8.72. The number of ether oxygens (including phenoxy) is 1. The molecule has 0 aromatic heterocycles. The molecule has 0 unspecified atom stereocenters. The van der Waals surface area contributed by atoms with Gasteiger partial charge in [-0.1, -0.05) is 19.1 Å². The van der Waals surface area contributed by atoms with Gasteiger partial charge in [0.2, 0.25) is 0 Å². The molecule has 2 rings (SSSR count). The fourth-order valence-electron chi connectivity index (χ4n) is 2.06. The number of methoxy groups -OCH3 is 1. The number of carbonyl (C=O) groups is 1. The highest BCUT2D eigenvalue weighted by atomic mass is 16.5. The molecule has 18 heavy (non-hydrogen) atoms. The monoisotopic (exact) mass is 247 g/mol. The van der Waals surface area contributed by atoms with Gasteiger partial charge >= 0.3 is 0 Å². The van der Waals surface area contributed by atoms with Gasteiger partial charge in [0.1, 0.15) is 5.75 Å². The number of likely N-dealkylation sites (N-methyl/N-ethyl adjacent to an activating group) is 1. The normalized spacial score (nSPS) is 14.8. The van der Waals surface area contributed by atoms with Crippen molar-refractivity contribution in [3.8, 4) is 5.75 Å². The molecule has 3 nitrogen and oxygen atoms in total. The van der Waals surface area contributed by atoms with Crippen molar-refractivity contribution in [3.05, 3.63) is 29.8 Å². The Hall–Kier alpha value is -1.35. The Labute approximate surface area is 109 Å². The zero-order valence-electron chi connectivity index (χ0n) is 11.2. The van der Waals surface area contributed by atoms with Crippen LogP contribution in [-0.2, 0) is 0 Å². The maximum atomic E-state index is 12.2. The number of Topliss-reactive ketones (excluding diaryl/α,β-unsaturated/α-hetero) is 1. The second-order valence-electron chi connectivity index (χ2n) is 4.93. The van der Waals surface area contributed by atoms with Crippen LogP contribution in [0.3, 0.4) is 0 Å². The minimum absolute atomic E-state index is 0.177. The largest absolute Gasteiger partial charge is 0.497 e. The predicted molar refractivity (Wildman–Crippen MR) is 72.2 cm³/mol. The highest BCUT2D eigenvalue weighted by Gasteiger charge is 2.24. The van der Waals surface area contributed by atoms with Crippen molar-refractivity contribution < 1.29 is 9.53 Å². The zero-order chi connectivity index (χ0) is 13.0. The number of rotatable bonds is 7. The van der Waals surface area contributed by atoms with Crippen molar-refractivity contribution in [2.75, 3.05) is 26.7 Å². The van der Waals surface area contributed by atoms with Gasteiger partial charge in [-0.25, -0.2) is 0 Å². The van der Waals surface area contributed by atoms with Gasteiger partial charge in [-0.3, -0.25) is 9.69 Å². The summed E-state index contributed by atoms with van der Waals surface area (Å²) in [4.78, 5) is 14.4. The van der Waals surface area contributed by atoms with E-state index in [4.69, 9.17) is 4.74 Å².